The zero-order valence-electron chi connectivity index (χ0n) is 25.1. The summed E-state index contributed by atoms with van der Waals surface area (Å²) in [5.74, 6) is 1.07. The van der Waals surface area contributed by atoms with Crippen LogP contribution in [-0.4, -0.2) is 46.9 Å². The standard InChI is InChI=1S/C34H30N6O4S.H2S/c1-20-16-25(44-24-7-3-2-4-8-24)11-12-26(20)40-27-13-14-36-32-28(27)29(38-34(40)43)30(45-32)31(41)37-23-6-5-15-39(19-23)33(42)22(18-35)17-21-9-10-21;/h2-4,7-8,11-14,16-17,21,23H,5-6,9-10,15,19H2,1H3,(H,37,41)(H,38,43);1H2/b22-17+;/t23-;/m0./s1. The van der Waals surface area contributed by atoms with Gasteiger partial charge in [0.2, 0.25) is 0 Å². The fraction of sp³-hybridized carbons (Fsp3) is 0.265. The number of likely N-dealkylation sites (tertiary alicyclic amines) is 1. The molecule has 2 aromatic heterocycles. The number of allylic oxidation sites excluding steroid dienone is 1. The third-order valence-corrected chi connectivity index (χ3v) is 9.36. The van der Waals surface area contributed by atoms with Gasteiger partial charge in [-0.05, 0) is 80.5 Å². The van der Waals surface area contributed by atoms with Crippen molar-refractivity contribution in [2.24, 2.45) is 5.92 Å². The van der Waals surface area contributed by atoms with Gasteiger partial charge in [-0.3, -0.25) is 14.5 Å². The van der Waals surface area contributed by atoms with Crippen LogP contribution >= 0.6 is 24.8 Å². The minimum Gasteiger partial charge on any atom is -0.457 e. The molecule has 4 amide bonds. The average Bonchev–Trinajstić information content (AvgIpc) is 3.80. The number of benzene rings is 2. The number of ether oxygens (including phenoxy) is 1. The van der Waals surface area contributed by atoms with Crippen LogP contribution in [0.5, 0.6) is 11.5 Å². The van der Waals surface area contributed by atoms with Crippen molar-refractivity contribution in [3.8, 4) is 17.6 Å². The van der Waals surface area contributed by atoms with E-state index >= 15 is 0 Å². The summed E-state index contributed by atoms with van der Waals surface area (Å²) in [6, 6.07) is 18.2. The molecule has 1 aliphatic carbocycles. The van der Waals surface area contributed by atoms with Gasteiger partial charge in [0, 0.05) is 25.3 Å². The van der Waals surface area contributed by atoms with Crippen molar-refractivity contribution in [2.75, 3.05) is 23.3 Å². The molecule has 2 aromatic carbocycles. The number of aryl methyl sites for hydroxylation is 1. The van der Waals surface area contributed by atoms with Crippen LogP contribution in [0.4, 0.5) is 21.9 Å². The number of urea groups is 1. The number of hydrogen-bond acceptors (Lipinski definition) is 7. The van der Waals surface area contributed by atoms with E-state index in [1.165, 1.54) is 11.3 Å². The van der Waals surface area contributed by atoms with Crippen LogP contribution in [0.3, 0.4) is 0 Å². The van der Waals surface area contributed by atoms with Crippen LogP contribution in [-0.2, 0) is 4.79 Å². The van der Waals surface area contributed by atoms with Crippen LogP contribution in [0.2, 0.25) is 0 Å². The Balaban J connectivity index is 0.00000372. The molecule has 4 aromatic rings. The molecule has 0 radical (unpaired) electrons. The molecule has 3 aliphatic rings. The van der Waals surface area contributed by atoms with Crippen LogP contribution in [0.15, 0.2) is 72.4 Å². The molecule has 4 heterocycles. The second-order valence-electron chi connectivity index (χ2n) is 11.5. The first kappa shape index (κ1) is 31.1. The molecular formula is C34H32N6O4S2. The molecule has 234 valence electrons. The Bertz CT molecular complexity index is 1910. The van der Waals surface area contributed by atoms with Crippen molar-refractivity contribution in [2.45, 2.75) is 38.6 Å². The highest BCUT2D eigenvalue weighted by molar-refractivity contribution is 7.59. The Labute approximate surface area is 277 Å². The molecule has 0 unspecified atom stereocenters. The largest absolute Gasteiger partial charge is 0.457 e. The van der Waals surface area contributed by atoms with Crippen molar-refractivity contribution in [1.29, 1.82) is 5.26 Å². The Morgan fingerprint density at radius 2 is 1.91 bits per heavy atom. The summed E-state index contributed by atoms with van der Waals surface area (Å²) in [6.45, 7) is 2.78. The molecule has 0 bridgehead atoms. The topological polar surface area (TPSA) is 128 Å². The number of carbonyl (C=O) groups excluding carboxylic acids is 3. The molecule has 2 fully saturated rings. The molecule has 1 saturated carbocycles. The first-order valence-corrected chi connectivity index (χ1v) is 15.8. The van der Waals surface area contributed by atoms with E-state index in [1.807, 2.05) is 55.5 Å². The number of amides is 4. The maximum atomic E-state index is 13.6. The van der Waals surface area contributed by atoms with E-state index in [4.69, 9.17) is 4.74 Å². The number of aromatic nitrogens is 1. The van der Waals surface area contributed by atoms with E-state index in [9.17, 15) is 19.6 Å². The molecule has 1 saturated heterocycles. The van der Waals surface area contributed by atoms with E-state index in [2.05, 4.69) is 21.7 Å². The highest BCUT2D eigenvalue weighted by atomic mass is 32.1. The summed E-state index contributed by atoms with van der Waals surface area (Å²) < 4.78 is 5.98. The van der Waals surface area contributed by atoms with Crippen LogP contribution in [0.25, 0.3) is 10.2 Å². The van der Waals surface area contributed by atoms with E-state index in [0.717, 1.165) is 24.2 Å². The number of anilines is 3. The van der Waals surface area contributed by atoms with Gasteiger partial charge < -0.3 is 20.3 Å². The number of nitriles is 1. The fourth-order valence-corrected chi connectivity index (χ4v) is 6.93. The number of nitrogens with one attached hydrogen (secondary N) is 2. The Morgan fingerprint density at radius 3 is 2.65 bits per heavy atom. The lowest BCUT2D eigenvalue weighted by Gasteiger charge is -2.33. The predicted molar refractivity (Wildman–Crippen MR) is 182 cm³/mol. The number of piperidine rings is 1. The highest BCUT2D eigenvalue weighted by Gasteiger charge is 2.35. The number of nitrogens with zero attached hydrogens (tertiary/aromatic N) is 4. The smallest absolute Gasteiger partial charge is 0.331 e. The summed E-state index contributed by atoms with van der Waals surface area (Å²) in [5.41, 5.74) is 2.76. The second-order valence-corrected chi connectivity index (χ2v) is 12.5. The molecule has 10 nitrogen and oxygen atoms in total. The van der Waals surface area contributed by atoms with Crippen molar-refractivity contribution in [1.82, 2.24) is 15.2 Å². The minimum atomic E-state index is -0.386. The summed E-state index contributed by atoms with van der Waals surface area (Å²) >= 11 is 1.22. The van der Waals surface area contributed by atoms with Gasteiger partial charge in [0.05, 0.1) is 22.4 Å². The SMILES string of the molecule is Cc1cc(Oc2ccccc2)ccc1N1C(=O)Nc2c(C(=O)N[C@H]3CCCN(C(=O)/C(C#N)=C/C4CC4)C3)sc3nccc1c23.S. The molecule has 2 aliphatic heterocycles. The third kappa shape index (κ3) is 6.03. The number of hydrogen-bond donors (Lipinski definition) is 2. The third-order valence-electron chi connectivity index (χ3n) is 8.26. The van der Waals surface area contributed by atoms with Gasteiger partial charge in [0.25, 0.3) is 11.8 Å². The van der Waals surface area contributed by atoms with E-state index in [-0.39, 0.29) is 43.0 Å². The Morgan fingerprint density at radius 1 is 1.11 bits per heavy atom. The van der Waals surface area contributed by atoms with Gasteiger partial charge in [-0.2, -0.15) is 18.8 Å². The molecule has 46 heavy (non-hydrogen) atoms. The Hall–Kier alpha value is -4.86. The van der Waals surface area contributed by atoms with Crippen molar-refractivity contribution in [3.63, 3.8) is 0 Å². The Kier molecular flexibility index (Phi) is 8.71. The summed E-state index contributed by atoms with van der Waals surface area (Å²) in [5, 5.41) is 16.2. The van der Waals surface area contributed by atoms with Crippen LogP contribution in [0, 0.1) is 24.2 Å². The van der Waals surface area contributed by atoms with Gasteiger partial charge in [0.1, 0.15) is 32.8 Å². The molecular weight excluding hydrogens is 621 g/mol. The lowest BCUT2D eigenvalue weighted by molar-refractivity contribution is -0.128. The normalized spacial score (nSPS) is 17.5. The number of rotatable bonds is 7. The first-order chi connectivity index (χ1) is 21.9. The lowest BCUT2D eigenvalue weighted by atomic mass is 10.0. The highest BCUT2D eigenvalue weighted by Crippen LogP contribution is 2.46. The first-order valence-electron chi connectivity index (χ1n) is 15.0. The zero-order chi connectivity index (χ0) is 31.1. The quantitative estimate of drug-likeness (QED) is 0.168. The van der Waals surface area contributed by atoms with E-state index in [1.54, 1.807) is 28.1 Å². The minimum absolute atomic E-state index is 0. The van der Waals surface area contributed by atoms with Crippen LogP contribution < -0.4 is 20.3 Å². The summed E-state index contributed by atoms with van der Waals surface area (Å²) in [6.07, 6.45) is 6.85. The number of pyridine rings is 1. The lowest BCUT2D eigenvalue weighted by Crippen LogP contribution is -2.50. The molecule has 0 spiro atoms. The van der Waals surface area contributed by atoms with Crippen LogP contribution in [0.1, 0.15) is 40.9 Å². The second kappa shape index (κ2) is 12.9. The summed E-state index contributed by atoms with van der Waals surface area (Å²) in [7, 11) is 0. The van der Waals surface area contributed by atoms with Crippen molar-refractivity contribution >= 4 is 70.0 Å². The monoisotopic (exact) mass is 652 g/mol. The number of carbonyl (C=O) groups is 3. The molecule has 2 N–H and O–H groups in total. The van der Waals surface area contributed by atoms with Gasteiger partial charge in [-0.15, -0.1) is 11.3 Å². The predicted octanol–water partition coefficient (Wildman–Crippen LogP) is 6.77. The van der Waals surface area contributed by atoms with E-state index < -0.39 is 0 Å². The molecule has 12 heteroatoms. The maximum Gasteiger partial charge on any atom is 0.331 e. The van der Waals surface area contributed by atoms with Crippen molar-refractivity contribution < 1.29 is 19.1 Å². The van der Waals surface area contributed by atoms with Crippen molar-refractivity contribution in [3.05, 3.63) is 82.9 Å². The fourth-order valence-electron chi connectivity index (χ4n) is 5.91. The molecule has 1 atom stereocenters. The van der Waals surface area contributed by atoms with Gasteiger partial charge in [-0.1, -0.05) is 24.3 Å². The van der Waals surface area contributed by atoms with Gasteiger partial charge in [0.15, 0.2) is 0 Å². The van der Waals surface area contributed by atoms with Gasteiger partial charge in [-0.25, -0.2) is 9.78 Å². The zero-order valence-corrected chi connectivity index (χ0v) is 26.9. The average molecular weight is 653 g/mol. The maximum absolute atomic E-state index is 13.6. The number of thiophene rings is 1. The summed E-state index contributed by atoms with van der Waals surface area (Å²) in [4.78, 5) is 49.1. The number of para-hydroxylation sites is 1. The van der Waals surface area contributed by atoms with Gasteiger partial charge >= 0.3 is 6.03 Å². The molecule has 7 rings (SSSR count). The van der Waals surface area contributed by atoms with E-state index in [0.29, 0.717) is 69.8 Å².